The van der Waals surface area contributed by atoms with Crippen LogP contribution in [0.4, 0.5) is 0 Å². The molecule has 0 aliphatic heterocycles. The van der Waals surface area contributed by atoms with Gasteiger partial charge in [0.25, 0.3) is 5.91 Å². The zero-order chi connectivity index (χ0) is 19.7. The first-order chi connectivity index (χ1) is 12.8. The molecule has 1 N–H and O–H groups in total. The normalized spacial score (nSPS) is 12.6. The van der Waals surface area contributed by atoms with E-state index in [9.17, 15) is 4.79 Å². The number of nitrogens with zero attached hydrogens (tertiary/aromatic N) is 4. The van der Waals surface area contributed by atoms with Gasteiger partial charge in [0.05, 0.1) is 22.7 Å². The minimum Gasteiger partial charge on any atom is -0.350 e. The number of carbonyl (C=O) groups excluding carboxylic acids is 1. The number of benzene rings is 1. The van der Waals surface area contributed by atoms with E-state index in [0.717, 1.165) is 28.0 Å². The van der Waals surface area contributed by atoms with Crippen molar-refractivity contribution in [3.8, 4) is 0 Å². The highest BCUT2D eigenvalue weighted by Gasteiger charge is 2.20. The van der Waals surface area contributed by atoms with Gasteiger partial charge >= 0.3 is 0 Å². The zero-order valence-corrected chi connectivity index (χ0v) is 17.0. The smallest absolute Gasteiger partial charge is 0.252 e. The second-order valence-corrected chi connectivity index (χ2v) is 7.40. The van der Waals surface area contributed by atoms with Crippen LogP contribution in [0.1, 0.15) is 33.4 Å². The molecule has 0 saturated heterocycles. The molecule has 0 aliphatic carbocycles. The van der Waals surface area contributed by atoms with Crippen molar-refractivity contribution in [2.45, 2.75) is 19.9 Å². The summed E-state index contributed by atoms with van der Waals surface area (Å²) in [6.07, 6.45) is 0. The van der Waals surface area contributed by atoms with Crippen molar-refractivity contribution in [2.75, 3.05) is 20.6 Å². The minimum atomic E-state index is -0.129. The molecule has 0 fully saturated rings. The second-order valence-electron chi connectivity index (χ2n) is 6.96. The maximum absolute atomic E-state index is 13.0. The molecular formula is C20H24ClN5O. The molecule has 3 aromatic rings. The van der Waals surface area contributed by atoms with Crippen LogP contribution in [-0.2, 0) is 7.05 Å². The van der Waals surface area contributed by atoms with Gasteiger partial charge in [-0.2, -0.15) is 5.10 Å². The lowest BCUT2D eigenvalue weighted by Crippen LogP contribution is -2.34. The van der Waals surface area contributed by atoms with Gasteiger partial charge in [-0.05, 0) is 51.7 Å². The van der Waals surface area contributed by atoms with Crippen molar-refractivity contribution < 1.29 is 4.79 Å². The third kappa shape index (κ3) is 3.96. The molecule has 0 aliphatic rings. The van der Waals surface area contributed by atoms with E-state index in [1.807, 2.05) is 65.3 Å². The van der Waals surface area contributed by atoms with Crippen LogP contribution in [0.5, 0.6) is 0 Å². The molecule has 2 heterocycles. The molecular weight excluding hydrogens is 362 g/mol. The molecule has 7 heteroatoms. The van der Waals surface area contributed by atoms with Crippen molar-refractivity contribution in [1.29, 1.82) is 0 Å². The number of hydrogen-bond acceptors (Lipinski definition) is 4. The third-order valence-electron chi connectivity index (χ3n) is 4.65. The molecule has 0 radical (unpaired) electrons. The lowest BCUT2D eigenvalue weighted by molar-refractivity contribution is 0.0943. The largest absolute Gasteiger partial charge is 0.350 e. The highest BCUT2D eigenvalue weighted by Crippen LogP contribution is 2.23. The zero-order valence-electron chi connectivity index (χ0n) is 16.2. The van der Waals surface area contributed by atoms with Gasteiger partial charge < -0.3 is 10.2 Å². The van der Waals surface area contributed by atoms with Crippen LogP contribution in [-0.4, -0.2) is 46.2 Å². The fourth-order valence-corrected chi connectivity index (χ4v) is 3.54. The number of amides is 1. The Labute approximate surface area is 164 Å². The SMILES string of the molecule is Cc1cc(C(=O)NCC(c2cccc(Cl)c2)N(C)C)c2c(C)nn(C)c2n1. The second kappa shape index (κ2) is 7.66. The number of nitrogens with one attached hydrogen (secondary N) is 1. The highest BCUT2D eigenvalue weighted by atomic mass is 35.5. The summed E-state index contributed by atoms with van der Waals surface area (Å²) in [7, 11) is 5.81. The molecule has 1 amide bonds. The van der Waals surface area contributed by atoms with Gasteiger partial charge in [0, 0.05) is 24.3 Å². The molecule has 3 rings (SSSR count). The Bertz CT molecular complexity index is 995. The van der Waals surface area contributed by atoms with Crippen molar-refractivity contribution >= 4 is 28.5 Å². The highest BCUT2D eigenvalue weighted by molar-refractivity contribution is 6.30. The fourth-order valence-electron chi connectivity index (χ4n) is 3.35. The Balaban J connectivity index is 1.88. The summed E-state index contributed by atoms with van der Waals surface area (Å²) in [6.45, 7) is 4.24. The topological polar surface area (TPSA) is 63.1 Å². The summed E-state index contributed by atoms with van der Waals surface area (Å²) in [4.78, 5) is 19.6. The van der Waals surface area contributed by atoms with E-state index in [-0.39, 0.29) is 11.9 Å². The van der Waals surface area contributed by atoms with Crippen LogP contribution in [0.15, 0.2) is 30.3 Å². The van der Waals surface area contributed by atoms with E-state index in [4.69, 9.17) is 11.6 Å². The molecule has 27 heavy (non-hydrogen) atoms. The Hall–Kier alpha value is -2.44. The first kappa shape index (κ1) is 19.3. The van der Waals surface area contributed by atoms with Crippen LogP contribution in [0, 0.1) is 13.8 Å². The number of halogens is 1. The predicted molar refractivity (Wildman–Crippen MR) is 108 cm³/mol. The van der Waals surface area contributed by atoms with Crippen LogP contribution >= 0.6 is 11.6 Å². The molecule has 2 aromatic heterocycles. The predicted octanol–water partition coefficient (Wildman–Crippen LogP) is 3.27. The van der Waals surface area contributed by atoms with Crippen molar-refractivity contribution in [3.05, 3.63) is 57.9 Å². The summed E-state index contributed by atoms with van der Waals surface area (Å²) in [5.41, 5.74) is 3.96. The first-order valence-corrected chi connectivity index (χ1v) is 9.16. The van der Waals surface area contributed by atoms with Crippen molar-refractivity contribution in [3.63, 3.8) is 0 Å². The van der Waals surface area contributed by atoms with Gasteiger partial charge in [-0.3, -0.25) is 9.48 Å². The van der Waals surface area contributed by atoms with Crippen molar-refractivity contribution in [1.82, 2.24) is 25.0 Å². The number of likely N-dealkylation sites (N-methyl/N-ethyl adjacent to an activating group) is 1. The van der Waals surface area contributed by atoms with E-state index >= 15 is 0 Å². The Morgan fingerprint density at radius 3 is 2.70 bits per heavy atom. The monoisotopic (exact) mass is 385 g/mol. The summed E-state index contributed by atoms with van der Waals surface area (Å²) >= 11 is 6.13. The van der Waals surface area contributed by atoms with Crippen LogP contribution < -0.4 is 5.32 Å². The van der Waals surface area contributed by atoms with Gasteiger partial charge in [0.1, 0.15) is 0 Å². The van der Waals surface area contributed by atoms with E-state index in [1.54, 1.807) is 4.68 Å². The van der Waals surface area contributed by atoms with Gasteiger partial charge in [-0.25, -0.2) is 4.98 Å². The van der Waals surface area contributed by atoms with Gasteiger partial charge in [-0.15, -0.1) is 0 Å². The average Bonchev–Trinajstić information content (AvgIpc) is 2.88. The molecule has 142 valence electrons. The molecule has 0 spiro atoms. The van der Waals surface area contributed by atoms with Gasteiger partial charge in [0.15, 0.2) is 5.65 Å². The third-order valence-corrected chi connectivity index (χ3v) is 4.89. The lowest BCUT2D eigenvalue weighted by atomic mass is 10.1. The Morgan fingerprint density at radius 2 is 2.04 bits per heavy atom. The summed E-state index contributed by atoms with van der Waals surface area (Å²) in [5, 5.41) is 8.95. The van der Waals surface area contributed by atoms with E-state index in [1.165, 1.54) is 0 Å². The van der Waals surface area contributed by atoms with Crippen LogP contribution in [0.25, 0.3) is 11.0 Å². The average molecular weight is 386 g/mol. The van der Waals surface area contributed by atoms with E-state index in [0.29, 0.717) is 17.1 Å². The maximum atomic E-state index is 13.0. The molecule has 0 saturated carbocycles. The Morgan fingerprint density at radius 1 is 1.30 bits per heavy atom. The number of carbonyl (C=O) groups is 1. The van der Waals surface area contributed by atoms with Crippen LogP contribution in [0.2, 0.25) is 5.02 Å². The van der Waals surface area contributed by atoms with Gasteiger partial charge in [0.2, 0.25) is 0 Å². The van der Waals surface area contributed by atoms with Crippen LogP contribution in [0.3, 0.4) is 0 Å². The molecule has 1 atom stereocenters. The standard InChI is InChI=1S/C20H24ClN5O/c1-12-9-16(18-13(2)24-26(5)19(18)23-12)20(27)22-11-17(25(3)4)14-7-6-8-15(21)10-14/h6-10,17H,11H2,1-5H3,(H,22,27). The lowest BCUT2D eigenvalue weighted by Gasteiger charge is -2.25. The number of rotatable bonds is 5. The van der Waals surface area contributed by atoms with E-state index in [2.05, 4.69) is 20.3 Å². The number of hydrogen-bond donors (Lipinski definition) is 1. The number of pyridine rings is 1. The summed E-state index contributed by atoms with van der Waals surface area (Å²) in [5.74, 6) is -0.129. The van der Waals surface area contributed by atoms with E-state index < -0.39 is 0 Å². The number of fused-ring (bicyclic) bond motifs is 1. The molecule has 1 unspecified atom stereocenters. The molecule has 6 nitrogen and oxygen atoms in total. The van der Waals surface area contributed by atoms with Crippen molar-refractivity contribution in [2.24, 2.45) is 7.05 Å². The number of aromatic nitrogens is 3. The summed E-state index contributed by atoms with van der Waals surface area (Å²) < 4.78 is 1.71. The quantitative estimate of drug-likeness (QED) is 0.732. The minimum absolute atomic E-state index is 0.0149. The van der Waals surface area contributed by atoms with Gasteiger partial charge in [-0.1, -0.05) is 23.7 Å². The fraction of sp³-hybridized carbons (Fsp3) is 0.350. The number of aryl methyl sites for hydroxylation is 3. The molecule has 0 bridgehead atoms. The maximum Gasteiger partial charge on any atom is 0.252 e. The first-order valence-electron chi connectivity index (χ1n) is 8.79. The Kier molecular flexibility index (Phi) is 5.48. The molecule has 1 aromatic carbocycles. The summed E-state index contributed by atoms with van der Waals surface area (Å²) in [6, 6.07) is 9.54.